The van der Waals surface area contributed by atoms with E-state index in [2.05, 4.69) is 20.8 Å². The average molecular weight is 867 g/mol. The van der Waals surface area contributed by atoms with Crippen molar-refractivity contribution in [3.63, 3.8) is 0 Å². The highest BCUT2D eigenvalue weighted by molar-refractivity contribution is 6.36. The third-order valence-electron chi connectivity index (χ3n) is 12.4. The molecular weight excluding hydrogens is 755 g/mol. The zero-order valence-electron chi connectivity index (χ0n) is 42.1. The van der Waals surface area contributed by atoms with E-state index >= 15 is 0 Å². The van der Waals surface area contributed by atoms with Gasteiger partial charge in [0.25, 0.3) is 0 Å². The highest BCUT2D eigenvalue weighted by Gasteiger charge is 2.21. The van der Waals surface area contributed by atoms with Crippen molar-refractivity contribution in [3.05, 3.63) is 0 Å². The van der Waals surface area contributed by atoms with Crippen LogP contribution in [-0.2, 0) is 28.2 Å². The Morgan fingerprint density at radius 3 is 0.525 bits per heavy atom. The number of rotatable bonds is 57. The molecule has 0 heterocycles. The highest BCUT2D eigenvalue weighted by Crippen LogP contribution is 2.16. The van der Waals surface area contributed by atoms with Gasteiger partial charge in [-0.05, 0) is 19.3 Å². The van der Waals surface area contributed by atoms with Crippen molar-refractivity contribution in [3.8, 4) is 0 Å². The Morgan fingerprint density at radius 1 is 0.180 bits per heavy atom. The minimum atomic E-state index is -0.709. The summed E-state index contributed by atoms with van der Waals surface area (Å²) in [6, 6.07) is 0. The van der Waals surface area contributed by atoms with Gasteiger partial charge in [-0.25, -0.2) is 0 Å². The fraction of sp³-hybridized carbons (Fsp3) is 1.00. The van der Waals surface area contributed by atoms with Crippen LogP contribution in [0.25, 0.3) is 0 Å². The topological polar surface area (TPSA) is 55.4 Å². The highest BCUT2D eigenvalue weighted by atomic mass is 16.7. The zero-order chi connectivity index (χ0) is 43.9. The average Bonchev–Trinajstić information content (AvgIpc) is 3.27. The van der Waals surface area contributed by atoms with Crippen molar-refractivity contribution in [1.29, 1.82) is 0 Å². The SMILES string of the molecule is CCCCCCCCCCCCCCCCOCCOB(OCCOCCCCCCCCCCCCCCCC)OCCOCCCCCCCCCCCCCCCC. The van der Waals surface area contributed by atoms with Crippen LogP contribution in [0.4, 0.5) is 0 Å². The second kappa shape index (κ2) is 57.8. The zero-order valence-corrected chi connectivity index (χ0v) is 42.1. The Labute approximate surface area is 384 Å². The Balaban J connectivity index is 3.96. The minimum absolute atomic E-state index is 0.461. The van der Waals surface area contributed by atoms with E-state index in [1.54, 1.807) is 0 Å². The van der Waals surface area contributed by atoms with Gasteiger partial charge in [-0.1, -0.05) is 271 Å². The van der Waals surface area contributed by atoms with Gasteiger partial charge < -0.3 is 28.2 Å². The van der Waals surface area contributed by atoms with Crippen LogP contribution >= 0.6 is 0 Å². The van der Waals surface area contributed by atoms with E-state index in [0.717, 1.165) is 39.1 Å². The summed E-state index contributed by atoms with van der Waals surface area (Å²) in [5.41, 5.74) is 0. The van der Waals surface area contributed by atoms with Gasteiger partial charge in [0.1, 0.15) is 0 Å². The molecule has 0 aliphatic carbocycles. The first-order valence-corrected chi connectivity index (χ1v) is 27.9. The van der Waals surface area contributed by atoms with Crippen LogP contribution in [-0.4, -0.2) is 66.8 Å². The first kappa shape index (κ1) is 60.8. The van der Waals surface area contributed by atoms with Gasteiger partial charge in [0, 0.05) is 19.8 Å². The van der Waals surface area contributed by atoms with Crippen LogP contribution in [0.1, 0.15) is 290 Å². The molecule has 0 aliphatic heterocycles. The molecule has 0 rings (SSSR count). The maximum atomic E-state index is 5.95. The summed E-state index contributed by atoms with van der Waals surface area (Å²) >= 11 is 0. The van der Waals surface area contributed by atoms with Crippen LogP contribution in [0.15, 0.2) is 0 Å². The summed E-state index contributed by atoms with van der Waals surface area (Å²) in [5.74, 6) is 0. The summed E-state index contributed by atoms with van der Waals surface area (Å²) in [7, 11) is -0.709. The lowest BCUT2D eigenvalue weighted by atomic mass is 10.0. The summed E-state index contributed by atoms with van der Waals surface area (Å²) < 4.78 is 35.5. The van der Waals surface area contributed by atoms with Gasteiger partial charge in [0.15, 0.2) is 0 Å². The van der Waals surface area contributed by atoms with Crippen LogP contribution in [0, 0.1) is 0 Å². The monoisotopic (exact) mass is 867 g/mol. The molecule has 0 aliphatic rings. The molecule has 0 aromatic carbocycles. The molecule has 0 N–H and O–H groups in total. The fourth-order valence-electron chi connectivity index (χ4n) is 8.26. The van der Waals surface area contributed by atoms with Gasteiger partial charge in [0.2, 0.25) is 0 Å². The molecule has 366 valence electrons. The molecule has 0 spiro atoms. The van der Waals surface area contributed by atoms with Crippen molar-refractivity contribution >= 4 is 7.32 Å². The lowest BCUT2D eigenvalue weighted by molar-refractivity contribution is 0.0191. The van der Waals surface area contributed by atoms with E-state index in [0.29, 0.717) is 39.6 Å². The number of ether oxygens (including phenoxy) is 3. The predicted octanol–water partition coefficient (Wildman–Crippen LogP) is 17.5. The molecule has 0 aromatic heterocycles. The maximum Gasteiger partial charge on any atom is 0.639 e. The normalized spacial score (nSPS) is 11.7. The molecule has 0 fully saturated rings. The van der Waals surface area contributed by atoms with E-state index in [4.69, 9.17) is 28.2 Å². The Kier molecular flexibility index (Phi) is 57.7. The Morgan fingerprint density at radius 2 is 0.344 bits per heavy atom. The van der Waals surface area contributed by atoms with Crippen molar-refractivity contribution in [2.24, 2.45) is 0 Å². The van der Waals surface area contributed by atoms with Gasteiger partial charge in [-0.15, -0.1) is 0 Å². The quantitative estimate of drug-likeness (QED) is 0.0448. The van der Waals surface area contributed by atoms with Gasteiger partial charge in [-0.2, -0.15) is 0 Å². The molecule has 0 saturated carbocycles. The van der Waals surface area contributed by atoms with Crippen molar-refractivity contribution in [1.82, 2.24) is 0 Å². The number of hydrogen-bond acceptors (Lipinski definition) is 6. The van der Waals surface area contributed by atoms with E-state index in [1.807, 2.05) is 0 Å². The first-order chi connectivity index (χ1) is 30.3. The first-order valence-electron chi connectivity index (χ1n) is 27.9. The van der Waals surface area contributed by atoms with Crippen molar-refractivity contribution < 1.29 is 28.2 Å². The summed E-state index contributed by atoms with van der Waals surface area (Å²) in [6.45, 7) is 12.4. The van der Waals surface area contributed by atoms with E-state index in [9.17, 15) is 0 Å². The maximum absolute atomic E-state index is 5.95. The van der Waals surface area contributed by atoms with E-state index in [-0.39, 0.29) is 0 Å². The molecule has 61 heavy (non-hydrogen) atoms. The minimum Gasteiger partial charge on any atom is -0.383 e. The summed E-state index contributed by atoms with van der Waals surface area (Å²) in [4.78, 5) is 0. The molecule has 0 saturated heterocycles. The Hall–Kier alpha value is -0.175. The second-order valence-electron chi connectivity index (χ2n) is 18.5. The second-order valence-corrected chi connectivity index (χ2v) is 18.5. The third kappa shape index (κ3) is 55.9. The molecule has 0 atom stereocenters. The lowest BCUT2D eigenvalue weighted by Crippen LogP contribution is -2.31. The van der Waals surface area contributed by atoms with E-state index < -0.39 is 7.32 Å². The third-order valence-corrected chi connectivity index (χ3v) is 12.4. The molecule has 0 aromatic rings. The molecule has 0 radical (unpaired) electrons. The van der Waals surface area contributed by atoms with Gasteiger partial charge in [-0.3, -0.25) is 0 Å². The molecule has 0 unspecified atom stereocenters. The van der Waals surface area contributed by atoms with Crippen LogP contribution in [0.3, 0.4) is 0 Å². The molecule has 6 nitrogen and oxygen atoms in total. The Bertz CT molecular complexity index is 649. The number of hydrogen-bond donors (Lipinski definition) is 0. The largest absolute Gasteiger partial charge is 0.639 e. The van der Waals surface area contributed by atoms with Crippen molar-refractivity contribution in [2.45, 2.75) is 290 Å². The van der Waals surface area contributed by atoms with Crippen LogP contribution < -0.4 is 0 Å². The summed E-state index contributed by atoms with van der Waals surface area (Å²) in [6.07, 6.45) is 57.7. The molecule has 0 bridgehead atoms. The van der Waals surface area contributed by atoms with Gasteiger partial charge >= 0.3 is 7.32 Å². The van der Waals surface area contributed by atoms with Crippen LogP contribution in [0.2, 0.25) is 0 Å². The summed E-state index contributed by atoms with van der Waals surface area (Å²) in [5, 5.41) is 0. The van der Waals surface area contributed by atoms with Crippen LogP contribution in [0.5, 0.6) is 0 Å². The lowest BCUT2D eigenvalue weighted by Gasteiger charge is -2.15. The molecular formula is C54H111BO6. The number of unbranched alkanes of at least 4 members (excludes halogenated alkanes) is 39. The smallest absolute Gasteiger partial charge is 0.383 e. The predicted molar refractivity (Wildman–Crippen MR) is 267 cm³/mol. The van der Waals surface area contributed by atoms with E-state index in [1.165, 1.54) is 250 Å². The molecule has 7 heteroatoms. The molecule has 0 amide bonds. The van der Waals surface area contributed by atoms with Gasteiger partial charge in [0.05, 0.1) is 39.6 Å². The van der Waals surface area contributed by atoms with Crippen molar-refractivity contribution in [2.75, 3.05) is 59.5 Å². The standard InChI is InChI=1S/C54H111BO6/c1-4-7-10-13-16-19-22-25-28-31-34-37-40-43-46-56-49-52-59-55(60-53-50-57-47-44-41-38-35-32-29-26-23-20-17-14-11-8-5-2)61-54-51-58-48-45-42-39-36-33-30-27-24-21-18-15-12-9-6-3/h4-54H2,1-3H3. The fourth-order valence-corrected chi connectivity index (χ4v) is 8.26.